The number of nitrogens with two attached hydrogens (primary N) is 1. The Hall–Kier alpha value is -1.75. The molecule has 0 saturated heterocycles. The first-order valence-electron chi connectivity index (χ1n) is 6.33. The van der Waals surface area contributed by atoms with Gasteiger partial charge in [-0.15, -0.1) is 0 Å². The van der Waals surface area contributed by atoms with Gasteiger partial charge >= 0.3 is 0 Å². The highest BCUT2D eigenvalue weighted by atomic mass is 16.7. The first kappa shape index (κ1) is 13.7. The monoisotopic (exact) mass is 264 g/mol. The summed E-state index contributed by atoms with van der Waals surface area (Å²) in [6.07, 6.45) is 0. The van der Waals surface area contributed by atoms with Crippen molar-refractivity contribution in [2.75, 3.05) is 13.3 Å². The lowest BCUT2D eigenvalue weighted by atomic mass is 9.84. The second-order valence-corrected chi connectivity index (χ2v) is 5.46. The minimum Gasteiger partial charge on any atom is -0.454 e. The largest absolute Gasteiger partial charge is 0.454 e. The quantitative estimate of drug-likeness (QED) is 0.855. The second-order valence-electron chi connectivity index (χ2n) is 5.46. The molecule has 1 aromatic carbocycles. The molecule has 1 aromatic rings. The van der Waals surface area contributed by atoms with E-state index in [0.29, 0.717) is 6.54 Å². The number of nitrogens with one attached hydrogen (secondary N) is 1. The Morgan fingerprint density at radius 3 is 2.79 bits per heavy atom. The minimum atomic E-state index is -0.493. The van der Waals surface area contributed by atoms with Crippen molar-refractivity contribution < 1.29 is 14.3 Å². The zero-order valence-electron chi connectivity index (χ0n) is 11.5. The van der Waals surface area contributed by atoms with Gasteiger partial charge in [-0.05, 0) is 24.6 Å². The van der Waals surface area contributed by atoms with E-state index in [1.54, 1.807) is 6.92 Å². The maximum absolute atomic E-state index is 11.5. The number of fused-ring (bicyclic) bond motifs is 1. The maximum atomic E-state index is 11.5. The molecule has 5 nitrogen and oxygen atoms in total. The summed E-state index contributed by atoms with van der Waals surface area (Å²) in [5.74, 6) is 1.37. The van der Waals surface area contributed by atoms with E-state index in [-0.39, 0.29) is 18.1 Å². The van der Waals surface area contributed by atoms with Crippen LogP contribution in [0, 0.1) is 0 Å². The molecule has 1 aliphatic heterocycles. The van der Waals surface area contributed by atoms with Crippen molar-refractivity contribution in [1.29, 1.82) is 0 Å². The van der Waals surface area contributed by atoms with Crippen LogP contribution in [0.5, 0.6) is 11.5 Å². The van der Waals surface area contributed by atoms with Crippen molar-refractivity contribution >= 4 is 5.91 Å². The smallest absolute Gasteiger partial charge is 0.236 e. The van der Waals surface area contributed by atoms with Crippen LogP contribution >= 0.6 is 0 Å². The average molecular weight is 264 g/mol. The lowest BCUT2D eigenvalue weighted by Gasteiger charge is -2.26. The van der Waals surface area contributed by atoms with Gasteiger partial charge in [0, 0.05) is 12.0 Å². The Labute approximate surface area is 113 Å². The molecule has 1 amide bonds. The van der Waals surface area contributed by atoms with E-state index in [1.165, 1.54) is 0 Å². The number of carbonyl (C=O) groups is 1. The maximum Gasteiger partial charge on any atom is 0.236 e. The number of amides is 1. The van der Waals surface area contributed by atoms with Crippen LogP contribution in [-0.2, 0) is 10.2 Å². The van der Waals surface area contributed by atoms with E-state index in [0.717, 1.165) is 17.1 Å². The van der Waals surface area contributed by atoms with E-state index in [9.17, 15) is 4.79 Å². The standard InChI is InChI=1S/C14H20N2O3/c1-9(15)13(17)16-7-14(2,3)10-4-5-11-12(6-10)19-8-18-11/h4-6,9H,7-8,15H2,1-3H3,(H,16,17)/t9-/m1/s1. The highest BCUT2D eigenvalue weighted by Crippen LogP contribution is 2.36. The van der Waals surface area contributed by atoms with Crippen LogP contribution in [0.3, 0.4) is 0 Å². The van der Waals surface area contributed by atoms with Gasteiger partial charge in [0.15, 0.2) is 11.5 Å². The Kier molecular flexibility index (Phi) is 3.66. The van der Waals surface area contributed by atoms with E-state index < -0.39 is 6.04 Å². The van der Waals surface area contributed by atoms with Gasteiger partial charge in [0.2, 0.25) is 12.7 Å². The van der Waals surface area contributed by atoms with Crippen LogP contribution < -0.4 is 20.5 Å². The van der Waals surface area contributed by atoms with Gasteiger partial charge in [-0.25, -0.2) is 0 Å². The fourth-order valence-corrected chi connectivity index (χ4v) is 1.89. The van der Waals surface area contributed by atoms with Crippen LogP contribution in [0.2, 0.25) is 0 Å². The molecule has 0 unspecified atom stereocenters. The molecule has 0 radical (unpaired) electrons. The summed E-state index contributed by atoms with van der Waals surface area (Å²) >= 11 is 0. The average Bonchev–Trinajstić information content (AvgIpc) is 2.82. The zero-order chi connectivity index (χ0) is 14.0. The summed E-state index contributed by atoms with van der Waals surface area (Å²) in [4.78, 5) is 11.5. The van der Waals surface area contributed by atoms with Crippen LogP contribution in [-0.4, -0.2) is 25.3 Å². The number of hydrogen-bond acceptors (Lipinski definition) is 4. The van der Waals surface area contributed by atoms with Gasteiger partial charge in [-0.2, -0.15) is 0 Å². The highest BCUT2D eigenvalue weighted by molar-refractivity contribution is 5.81. The topological polar surface area (TPSA) is 73.6 Å². The molecule has 19 heavy (non-hydrogen) atoms. The van der Waals surface area contributed by atoms with E-state index >= 15 is 0 Å². The van der Waals surface area contributed by atoms with Crippen molar-refractivity contribution in [3.05, 3.63) is 23.8 Å². The number of benzene rings is 1. The fraction of sp³-hybridized carbons (Fsp3) is 0.500. The van der Waals surface area contributed by atoms with Gasteiger partial charge in [0.25, 0.3) is 0 Å². The molecule has 0 spiro atoms. The van der Waals surface area contributed by atoms with E-state index in [2.05, 4.69) is 19.2 Å². The third-order valence-corrected chi connectivity index (χ3v) is 3.27. The van der Waals surface area contributed by atoms with Crippen LogP contribution in [0.1, 0.15) is 26.3 Å². The Bertz CT molecular complexity index is 484. The number of rotatable bonds is 4. The SMILES string of the molecule is C[C@@H](N)C(=O)NCC(C)(C)c1ccc2c(c1)OCO2. The highest BCUT2D eigenvalue weighted by Gasteiger charge is 2.25. The molecule has 5 heteroatoms. The summed E-state index contributed by atoms with van der Waals surface area (Å²) in [5.41, 5.74) is 6.41. The van der Waals surface area contributed by atoms with Crippen molar-refractivity contribution in [1.82, 2.24) is 5.32 Å². The normalized spacial score (nSPS) is 15.2. The van der Waals surface area contributed by atoms with Crippen LogP contribution in [0.4, 0.5) is 0 Å². The summed E-state index contributed by atoms with van der Waals surface area (Å²) in [6.45, 7) is 6.58. The first-order valence-corrected chi connectivity index (χ1v) is 6.33. The molecule has 1 aliphatic rings. The lowest BCUT2D eigenvalue weighted by Crippen LogP contribution is -2.43. The summed E-state index contributed by atoms with van der Waals surface area (Å²) < 4.78 is 10.7. The third kappa shape index (κ3) is 2.98. The Morgan fingerprint density at radius 2 is 2.11 bits per heavy atom. The minimum absolute atomic E-state index is 0.145. The Balaban J connectivity index is 2.08. The van der Waals surface area contributed by atoms with Gasteiger partial charge in [-0.1, -0.05) is 19.9 Å². The molecule has 0 aromatic heterocycles. The summed E-state index contributed by atoms with van der Waals surface area (Å²) in [7, 11) is 0. The van der Waals surface area contributed by atoms with Crippen molar-refractivity contribution in [3.8, 4) is 11.5 Å². The molecule has 104 valence electrons. The zero-order valence-corrected chi connectivity index (χ0v) is 11.5. The predicted molar refractivity (Wildman–Crippen MR) is 72.3 cm³/mol. The number of hydrogen-bond donors (Lipinski definition) is 2. The number of ether oxygens (including phenoxy) is 2. The van der Waals surface area contributed by atoms with Gasteiger partial charge in [0.05, 0.1) is 6.04 Å². The van der Waals surface area contributed by atoms with E-state index in [4.69, 9.17) is 15.2 Å². The summed E-state index contributed by atoms with van der Waals surface area (Å²) in [5, 5.41) is 2.85. The molecular formula is C14H20N2O3. The second kappa shape index (κ2) is 5.09. The van der Waals surface area contributed by atoms with E-state index in [1.807, 2.05) is 18.2 Å². The first-order chi connectivity index (χ1) is 8.90. The predicted octanol–water partition coefficient (Wildman–Crippen LogP) is 1.16. The molecule has 0 bridgehead atoms. The van der Waals surface area contributed by atoms with Crippen LogP contribution in [0.25, 0.3) is 0 Å². The van der Waals surface area contributed by atoms with Crippen LogP contribution in [0.15, 0.2) is 18.2 Å². The van der Waals surface area contributed by atoms with Gasteiger partial charge in [-0.3, -0.25) is 4.79 Å². The van der Waals surface area contributed by atoms with Crippen molar-refractivity contribution in [2.24, 2.45) is 5.73 Å². The van der Waals surface area contributed by atoms with Gasteiger partial charge in [0.1, 0.15) is 0 Å². The molecule has 2 rings (SSSR count). The van der Waals surface area contributed by atoms with Crippen molar-refractivity contribution in [3.63, 3.8) is 0 Å². The molecule has 1 atom stereocenters. The fourth-order valence-electron chi connectivity index (χ4n) is 1.89. The third-order valence-electron chi connectivity index (χ3n) is 3.27. The molecule has 1 heterocycles. The van der Waals surface area contributed by atoms with Gasteiger partial charge < -0.3 is 20.5 Å². The lowest BCUT2D eigenvalue weighted by molar-refractivity contribution is -0.122. The van der Waals surface area contributed by atoms with Crippen molar-refractivity contribution in [2.45, 2.75) is 32.2 Å². The summed E-state index contributed by atoms with van der Waals surface area (Å²) in [6, 6.07) is 5.35. The molecule has 0 aliphatic carbocycles. The molecule has 3 N–H and O–H groups in total. The molecule has 0 saturated carbocycles. The number of carbonyl (C=O) groups excluding carboxylic acids is 1. The Morgan fingerprint density at radius 1 is 1.42 bits per heavy atom. The molecular weight excluding hydrogens is 244 g/mol. The molecule has 0 fully saturated rings.